The Kier molecular flexibility index (Phi) is 3.72. The number of nitrogens with two attached hydrogens (primary N) is 1. The van der Waals surface area contributed by atoms with Crippen LogP contribution in [0.3, 0.4) is 0 Å². The molecule has 7 nitrogen and oxygen atoms in total. The molecule has 122 valence electrons. The van der Waals surface area contributed by atoms with Gasteiger partial charge in [0.2, 0.25) is 0 Å². The molecule has 2 bridgehead atoms. The molecule has 8 heteroatoms. The van der Waals surface area contributed by atoms with Crippen molar-refractivity contribution in [1.82, 2.24) is 9.55 Å². The highest BCUT2D eigenvalue weighted by Crippen LogP contribution is 2.49. The summed E-state index contributed by atoms with van der Waals surface area (Å²) in [5, 5.41) is 10.5. The van der Waals surface area contributed by atoms with E-state index in [2.05, 4.69) is 24.6 Å². The summed E-state index contributed by atoms with van der Waals surface area (Å²) in [5.41, 5.74) is 4.24. The molecule has 2 fully saturated rings. The van der Waals surface area contributed by atoms with Gasteiger partial charge in [0.05, 0.1) is 6.61 Å². The van der Waals surface area contributed by atoms with Gasteiger partial charge in [-0.25, -0.2) is 4.79 Å². The third-order valence-electron chi connectivity index (χ3n) is 4.27. The van der Waals surface area contributed by atoms with Crippen LogP contribution >= 0.6 is 6.89 Å². The first kappa shape index (κ1) is 15.7. The first-order chi connectivity index (χ1) is 10.2. The summed E-state index contributed by atoms with van der Waals surface area (Å²) in [4.78, 5) is 15.7. The van der Waals surface area contributed by atoms with Gasteiger partial charge < -0.3 is 20.3 Å². The molecule has 0 saturated carbocycles. The second-order valence-corrected chi connectivity index (χ2v) is 11.1. The fraction of sp³-hybridized carbons (Fsp3) is 0.643. The van der Waals surface area contributed by atoms with E-state index in [-0.39, 0.29) is 5.82 Å². The van der Waals surface area contributed by atoms with Crippen molar-refractivity contribution in [2.24, 2.45) is 0 Å². The van der Waals surface area contributed by atoms with Gasteiger partial charge in [0.15, 0.2) is 6.23 Å². The van der Waals surface area contributed by atoms with Crippen molar-refractivity contribution in [3.63, 3.8) is 0 Å². The van der Waals surface area contributed by atoms with E-state index in [4.69, 9.17) is 15.2 Å². The van der Waals surface area contributed by atoms with E-state index in [9.17, 15) is 9.90 Å². The Morgan fingerprint density at radius 1 is 1.64 bits per heavy atom. The first-order valence-electron chi connectivity index (χ1n) is 7.21. The maximum Gasteiger partial charge on any atom is 0.351 e. The van der Waals surface area contributed by atoms with Crippen molar-refractivity contribution >= 4 is 19.0 Å². The van der Waals surface area contributed by atoms with Crippen LogP contribution in [-0.4, -0.2) is 64.9 Å². The smallest absolute Gasteiger partial charge is 0.351 e. The molecule has 3 heterocycles. The maximum atomic E-state index is 12.0. The molecule has 0 spiro atoms. The Labute approximate surface area is 129 Å². The van der Waals surface area contributed by atoms with Crippen LogP contribution < -0.4 is 11.4 Å². The van der Waals surface area contributed by atoms with Crippen LogP contribution in [0.4, 0.5) is 5.82 Å². The normalized spacial score (nSPS) is 34.2. The van der Waals surface area contributed by atoms with Crippen molar-refractivity contribution in [1.29, 1.82) is 0 Å². The van der Waals surface area contributed by atoms with Crippen LogP contribution in [0.15, 0.2) is 17.1 Å². The highest BCUT2D eigenvalue weighted by molar-refractivity contribution is 7.72. The zero-order valence-corrected chi connectivity index (χ0v) is 13.7. The third-order valence-corrected chi connectivity index (χ3v) is 5.71. The molecule has 2 aliphatic heterocycles. The lowest BCUT2D eigenvalue weighted by atomic mass is 9.96. The SMILES string of the molecule is C=P(C)(C)CC[C@@]12CO[C@@H]([C@H](n3ccc(N)nc3=O)O1)[C@@H]2O. The van der Waals surface area contributed by atoms with Crippen molar-refractivity contribution < 1.29 is 14.6 Å². The average molecular weight is 327 g/mol. The Balaban J connectivity index is 1.86. The molecule has 0 radical (unpaired) electrons. The lowest BCUT2D eigenvalue weighted by molar-refractivity contribution is -0.175. The van der Waals surface area contributed by atoms with Gasteiger partial charge in [0.25, 0.3) is 0 Å². The minimum Gasteiger partial charge on any atom is -0.387 e. The standard InChI is InChI=1S/C14H22N3O4P/c1-22(2,3)7-5-14-8-20-10(11(14)18)12(21-14)17-6-4-9(15)16-13(17)19/h4,6,10-12,18H,1,5,7-8H2,2-3H3,(H2,15,16,19)/t10-,11+,12-,14+/m1/s1. The van der Waals surface area contributed by atoms with Gasteiger partial charge in [-0.1, -0.05) is 0 Å². The average Bonchev–Trinajstić information content (AvgIpc) is 2.87. The summed E-state index contributed by atoms with van der Waals surface area (Å²) >= 11 is 0. The number of fused-ring (bicyclic) bond motifs is 2. The summed E-state index contributed by atoms with van der Waals surface area (Å²) in [6.45, 7) is 3.39. The monoisotopic (exact) mass is 327 g/mol. The van der Waals surface area contributed by atoms with E-state index in [0.717, 1.165) is 6.16 Å². The Morgan fingerprint density at radius 3 is 3.00 bits per heavy atom. The number of aliphatic hydroxyl groups excluding tert-OH is 1. The number of aliphatic hydroxyl groups is 1. The first-order valence-corrected chi connectivity index (χ1v) is 10.3. The van der Waals surface area contributed by atoms with Crippen LogP contribution in [0.5, 0.6) is 0 Å². The number of rotatable bonds is 4. The van der Waals surface area contributed by atoms with E-state index in [1.165, 1.54) is 16.8 Å². The number of ether oxygens (including phenoxy) is 2. The van der Waals surface area contributed by atoms with Crippen molar-refractivity contribution in [3.8, 4) is 0 Å². The Morgan fingerprint density at radius 2 is 2.36 bits per heavy atom. The molecular formula is C14H22N3O4P. The lowest BCUT2D eigenvalue weighted by Gasteiger charge is -2.32. The molecule has 0 aromatic carbocycles. The Hall–Kier alpha value is -1.14. The Bertz CT molecular complexity index is 685. The van der Waals surface area contributed by atoms with E-state index in [1.807, 2.05) is 0 Å². The van der Waals surface area contributed by atoms with Gasteiger partial charge >= 0.3 is 5.69 Å². The van der Waals surface area contributed by atoms with Crippen LogP contribution in [0.1, 0.15) is 12.6 Å². The summed E-state index contributed by atoms with van der Waals surface area (Å²) < 4.78 is 13.1. The zero-order chi connectivity index (χ0) is 16.1. The molecule has 3 rings (SSSR count). The largest absolute Gasteiger partial charge is 0.387 e. The van der Waals surface area contributed by atoms with E-state index in [0.29, 0.717) is 13.0 Å². The summed E-state index contributed by atoms with van der Waals surface area (Å²) in [5.74, 6) is 0.157. The van der Waals surface area contributed by atoms with Gasteiger partial charge in [0.1, 0.15) is 23.6 Å². The van der Waals surface area contributed by atoms with Gasteiger partial charge in [-0.3, -0.25) is 4.57 Å². The van der Waals surface area contributed by atoms with E-state index >= 15 is 0 Å². The van der Waals surface area contributed by atoms with Crippen LogP contribution in [-0.2, 0) is 9.47 Å². The lowest BCUT2D eigenvalue weighted by Crippen LogP contribution is -2.42. The molecule has 1 aromatic heterocycles. The van der Waals surface area contributed by atoms with Crippen LogP contribution in [0.2, 0.25) is 0 Å². The molecule has 3 N–H and O–H groups in total. The second-order valence-electron chi connectivity index (χ2n) is 6.75. The molecular weight excluding hydrogens is 305 g/mol. The van der Waals surface area contributed by atoms with Gasteiger partial charge in [0, 0.05) is 6.20 Å². The molecule has 4 atom stereocenters. The van der Waals surface area contributed by atoms with Crippen molar-refractivity contribution in [2.45, 2.75) is 30.5 Å². The number of hydrogen-bond acceptors (Lipinski definition) is 6. The second kappa shape index (κ2) is 5.20. The predicted octanol–water partition coefficient (Wildman–Crippen LogP) is -0.0479. The van der Waals surface area contributed by atoms with Gasteiger partial charge in [-0.05, 0) is 32.0 Å². The molecule has 0 unspecified atom stereocenters. The summed E-state index contributed by atoms with van der Waals surface area (Å²) in [6.07, 6.45) is 5.29. The summed E-state index contributed by atoms with van der Waals surface area (Å²) in [7, 11) is 0. The maximum absolute atomic E-state index is 12.0. The van der Waals surface area contributed by atoms with Crippen LogP contribution in [0, 0.1) is 0 Å². The molecule has 22 heavy (non-hydrogen) atoms. The zero-order valence-electron chi connectivity index (χ0n) is 12.8. The number of anilines is 1. The molecule has 0 amide bonds. The topological polar surface area (TPSA) is 99.6 Å². The predicted molar refractivity (Wildman–Crippen MR) is 86.9 cm³/mol. The van der Waals surface area contributed by atoms with Gasteiger partial charge in [-0.15, -0.1) is 13.2 Å². The minimum absolute atomic E-state index is 0.157. The summed E-state index contributed by atoms with van der Waals surface area (Å²) in [6, 6.07) is 1.53. The number of hydrogen-bond donors (Lipinski definition) is 2. The number of nitrogen functional groups attached to an aromatic ring is 1. The molecule has 0 aliphatic carbocycles. The quantitative estimate of drug-likeness (QED) is 0.752. The number of aromatic nitrogens is 2. The van der Waals surface area contributed by atoms with E-state index in [1.54, 1.807) is 0 Å². The fourth-order valence-corrected chi connectivity index (χ4v) is 3.95. The van der Waals surface area contributed by atoms with Crippen molar-refractivity contribution in [2.75, 3.05) is 31.8 Å². The highest BCUT2D eigenvalue weighted by Gasteiger charge is 2.61. The van der Waals surface area contributed by atoms with Crippen LogP contribution in [0.25, 0.3) is 0 Å². The van der Waals surface area contributed by atoms with Crippen molar-refractivity contribution in [3.05, 3.63) is 22.7 Å². The number of nitrogens with zero attached hydrogens (tertiary/aromatic N) is 2. The highest BCUT2D eigenvalue weighted by atomic mass is 31.2. The van der Waals surface area contributed by atoms with E-state index < -0.39 is 36.6 Å². The minimum atomic E-state index is -1.23. The molecule has 1 aromatic rings. The third kappa shape index (κ3) is 2.63. The van der Waals surface area contributed by atoms with Gasteiger partial charge in [-0.2, -0.15) is 4.98 Å². The fourth-order valence-electron chi connectivity index (χ4n) is 2.97. The molecule has 2 aliphatic rings. The molecule has 2 saturated heterocycles.